The largest absolute Gasteiger partial charge is 0.467 e. The first-order valence-electron chi connectivity index (χ1n) is 12.4. The van der Waals surface area contributed by atoms with Gasteiger partial charge in [0.05, 0.1) is 19.8 Å². The van der Waals surface area contributed by atoms with Crippen LogP contribution in [0.4, 0.5) is 5.69 Å². The lowest BCUT2D eigenvalue weighted by Gasteiger charge is -2.34. The molecule has 2 atom stereocenters. The summed E-state index contributed by atoms with van der Waals surface area (Å²) in [4.78, 5) is 43.4. The molecule has 2 fully saturated rings. The van der Waals surface area contributed by atoms with Gasteiger partial charge >= 0.3 is 0 Å². The predicted octanol–water partition coefficient (Wildman–Crippen LogP) is 3.11. The van der Waals surface area contributed by atoms with Crippen LogP contribution < -0.4 is 10.2 Å². The lowest BCUT2D eigenvalue weighted by atomic mass is 10.1. The van der Waals surface area contributed by atoms with Crippen molar-refractivity contribution in [3.8, 4) is 0 Å². The number of halogens is 1. The van der Waals surface area contributed by atoms with Crippen LogP contribution in [0.3, 0.4) is 0 Å². The Bertz CT molecular complexity index is 1060. The molecule has 2 aliphatic rings. The molecule has 2 saturated heterocycles. The Morgan fingerprint density at radius 2 is 1.64 bits per heavy atom. The van der Waals surface area contributed by atoms with Gasteiger partial charge in [-0.15, -0.1) is 0 Å². The van der Waals surface area contributed by atoms with Crippen molar-refractivity contribution in [3.63, 3.8) is 0 Å². The molecular formula is C28H35BrN2O8. The van der Waals surface area contributed by atoms with Crippen LogP contribution in [0.2, 0.25) is 0 Å². The lowest BCUT2D eigenvalue weighted by molar-refractivity contribution is -0.133. The van der Waals surface area contributed by atoms with E-state index in [-0.39, 0.29) is 12.0 Å². The van der Waals surface area contributed by atoms with E-state index in [0.29, 0.717) is 63.8 Å². The molecule has 0 aromatic heterocycles. The van der Waals surface area contributed by atoms with Gasteiger partial charge in [0.1, 0.15) is 19.4 Å². The van der Waals surface area contributed by atoms with Crippen LogP contribution in [0.15, 0.2) is 40.9 Å². The Kier molecular flexibility index (Phi) is 15.0. The normalized spacial score (nSPS) is 18.3. The fourth-order valence-corrected chi connectivity index (χ4v) is 4.41. The second kappa shape index (κ2) is 18.2. The number of morpholine rings is 1. The number of nitrogens with zero attached hydrogens (tertiary/aromatic N) is 1. The number of hydrogen-bond donors (Lipinski definition) is 1. The molecular weight excluding hydrogens is 572 g/mol. The average molecular weight is 607 g/mol. The number of benzene rings is 2. The summed E-state index contributed by atoms with van der Waals surface area (Å²) in [7, 11) is 0. The van der Waals surface area contributed by atoms with Crippen molar-refractivity contribution in [3.05, 3.63) is 63.1 Å². The fourth-order valence-electron chi connectivity index (χ4n) is 3.82. The Labute approximate surface area is 237 Å². The Hall–Kier alpha value is -3.12. The number of ether oxygens (including phenoxy) is 4. The molecule has 2 aromatic carbocycles. The second-order valence-electron chi connectivity index (χ2n) is 8.97. The number of aldehydes is 2. The van der Waals surface area contributed by atoms with E-state index in [1.807, 2.05) is 49.1 Å². The highest BCUT2D eigenvalue weighted by atomic mass is 79.9. The maximum Gasteiger partial charge on any atom is 0.293 e. The van der Waals surface area contributed by atoms with Crippen LogP contribution in [0.1, 0.15) is 31.8 Å². The van der Waals surface area contributed by atoms with Gasteiger partial charge in [0.2, 0.25) is 0 Å². The molecule has 2 aliphatic heterocycles. The second-order valence-corrected chi connectivity index (χ2v) is 9.82. The minimum Gasteiger partial charge on any atom is -0.467 e. The molecule has 0 spiro atoms. The highest BCUT2D eigenvalue weighted by Crippen LogP contribution is 2.24. The molecule has 0 amide bonds. The summed E-state index contributed by atoms with van der Waals surface area (Å²) in [6.07, 6.45) is 1.73. The molecule has 0 aliphatic carbocycles. The summed E-state index contributed by atoms with van der Waals surface area (Å²) in [5.74, 6) is 0.124. The van der Waals surface area contributed by atoms with Gasteiger partial charge in [0.25, 0.3) is 12.9 Å². The quantitative estimate of drug-likeness (QED) is 0.426. The molecule has 2 heterocycles. The summed E-state index contributed by atoms with van der Waals surface area (Å²) >= 11 is 3.28. The zero-order valence-electron chi connectivity index (χ0n) is 22.2. The molecule has 10 nitrogen and oxygen atoms in total. The first-order chi connectivity index (χ1) is 18.9. The minimum atomic E-state index is 0.0407. The van der Waals surface area contributed by atoms with Crippen molar-refractivity contribution in [1.82, 2.24) is 5.32 Å². The highest BCUT2D eigenvalue weighted by molar-refractivity contribution is 9.10. The summed E-state index contributed by atoms with van der Waals surface area (Å²) in [5.41, 5.74) is 4.45. The van der Waals surface area contributed by atoms with Crippen molar-refractivity contribution >= 4 is 47.1 Å². The highest BCUT2D eigenvalue weighted by Gasteiger charge is 2.23. The molecule has 0 saturated carbocycles. The molecule has 4 rings (SSSR count). The number of anilines is 1. The van der Waals surface area contributed by atoms with E-state index in [0.717, 1.165) is 46.9 Å². The van der Waals surface area contributed by atoms with Gasteiger partial charge in [0, 0.05) is 46.8 Å². The zero-order chi connectivity index (χ0) is 28.5. The van der Waals surface area contributed by atoms with Gasteiger partial charge in [-0.25, -0.2) is 0 Å². The smallest absolute Gasteiger partial charge is 0.293 e. The van der Waals surface area contributed by atoms with Gasteiger partial charge in [-0.2, -0.15) is 0 Å². The zero-order valence-corrected chi connectivity index (χ0v) is 23.8. The van der Waals surface area contributed by atoms with Gasteiger partial charge < -0.3 is 29.2 Å². The number of carbonyl (C=O) groups excluding carboxylic acids is 4. The van der Waals surface area contributed by atoms with Gasteiger partial charge in [-0.1, -0.05) is 34.1 Å². The van der Waals surface area contributed by atoms with Crippen molar-refractivity contribution < 1.29 is 38.1 Å². The third-order valence-corrected chi connectivity index (χ3v) is 6.46. The van der Waals surface area contributed by atoms with Gasteiger partial charge in [-0.3, -0.25) is 19.2 Å². The van der Waals surface area contributed by atoms with Crippen LogP contribution in [0.5, 0.6) is 0 Å². The van der Waals surface area contributed by atoms with E-state index < -0.39 is 0 Å². The first-order valence-corrected chi connectivity index (χ1v) is 13.2. The Balaban J connectivity index is 0.000000225. The lowest BCUT2D eigenvalue weighted by Crippen LogP contribution is -2.41. The predicted molar refractivity (Wildman–Crippen MR) is 149 cm³/mol. The molecule has 2 unspecified atom stereocenters. The van der Waals surface area contributed by atoms with E-state index in [1.54, 1.807) is 6.07 Å². The van der Waals surface area contributed by atoms with E-state index >= 15 is 0 Å². The third kappa shape index (κ3) is 11.7. The monoisotopic (exact) mass is 606 g/mol. The molecule has 0 bridgehead atoms. The third-order valence-electron chi connectivity index (χ3n) is 5.77. The average Bonchev–Trinajstić information content (AvgIpc) is 2.96. The number of nitrogens with one attached hydrogen (secondary N) is 1. The number of aryl methyl sites for hydroxylation is 2. The first kappa shape index (κ1) is 32.1. The topological polar surface area (TPSA) is 120 Å². The van der Waals surface area contributed by atoms with Crippen LogP contribution in [-0.4, -0.2) is 84.4 Å². The SMILES string of the molecule is Cc1ccc(C=O)c(Br)c1.Cc1ccc(C=O)c(N2COCC(COC=O)C2)c1.O=COCC1CNCCO1. The van der Waals surface area contributed by atoms with E-state index in [2.05, 4.69) is 26.0 Å². The molecule has 0 radical (unpaired) electrons. The standard InChI is InChI=1S/C14H17NO4.C8H7BrO.C6H11NO3/c1-11-2-3-13(6-16)14(4-11)15-5-12(7-18-9-15)8-19-10-17;1-6-2-3-7(5-10)8(9)4-6;8-5-9-4-6-3-7-1-2-10-6/h2-4,6,10,12H,5,7-9H2,1H3;2-5H,1H3;5-7H,1-4H2. The number of hydrogen-bond acceptors (Lipinski definition) is 10. The van der Waals surface area contributed by atoms with Gasteiger partial charge in [-0.05, 0) is 43.2 Å². The van der Waals surface area contributed by atoms with Crippen LogP contribution in [0.25, 0.3) is 0 Å². The molecule has 1 N–H and O–H groups in total. The summed E-state index contributed by atoms with van der Waals surface area (Å²) in [6.45, 7) is 9.62. The maximum absolute atomic E-state index is 11.1. The summed E-state index contributed by atoms with van der Waals surface area (Å²) in [5, 5.41) is 3.12. The fraction of sp³-hybridized carbons (Fsp3) is 0.429. The number of rotatable bonds is 9. The van der Waals surface area contributed by atoms with E-state index in [4.69, 9.17) is 14.2 Å². The molecule has 212 valence electrons. The minimum absolute atomic E-state index is 0.0407. The Morgan fingerprint density at radius 3 is 2.26 bits per heavy atom. The van der Waals surface area contributed by atoms with Crippen LogP contribution in [0, 0.1) is 19.8 Å². The van der Waals surface area contributed by atoms with E-state index in [9.17, 15) is 19.2 Å². The van der Waals surface area contributed by atoms with Crippen molar-refractivity contribution in [2.75, 3.05) is 57.7 Å². The van der Waals surface area contributed by atoms with Crippen molar-refractivity contribution in [2.24, 2.45) is 5.92 Å². The summed E-state index contributed by atoms with van der Waals surface area (Å²) < 4.78 is 20.9. The van der Waals surface area contributed by atoms with Crippen molar-refractivity contribution in [2.45, 2.75) is 20.0 Å². The molecule has 11 heteroatoms. The molecule has 39 heavy (non-hydrogen) atoms. The Morgan fingerprint density at radius 1 is 0.974 bits per heavy atom. The summed E-state index contributed by atoms with van der Waals surface area (Å²) in [6, 6.07) is 11.3. The molecule has 2 aromatic rings. The maximum atomic E-state index is 11.1. The van der Waals surface area contributed by atoms with E-state index in [1.165, 1.54) is 0 Å². The van der Waals surface area contributed by atoms with Crippen LogP contribution >= 0.6 is 15.9 Å². The van der Waals surface area contributed by atoms with Crippen molar-refractivity contribution in [1.29, 1.82) is 0 Å². The van der Waals surface area contributed by atoms with Crippen LogP contribution in [-0.2, 0) is 28.5 Å². The van der Waals surface area contributed by atoms with Gasteiger partial charge in [0.15, 0.2) is 12.6 Å². The number of carbonyl (C=O) groups is 4.